The molecule has 1 aromatic rings. The first-order valence-electron chi connectivity index (χ1n) is 5.63. The van der Waals surface area contributed by atoms with Gasteiger partial charge in [0.15, 0.2) is 0 Å². The zero-order valence-electron chi connectivity index (χ0n) is 10.1. The molecular formula is C14H21N. The molecule has 1 aromatic carbocycles. The highest BCUT2D eigenvalue weighted by atomic mass is 15.1. The maximum Gasteiger partial charge on any atom is 0.0437 e. The number of aryl methyl sites for hydroxylation is 1. The summed E-state index contributed by atoms with van der Waals surface area (Å²) in [5, 5.41) is 0. The summed E-state index contributed by atoms with van der Waals surface area (Å²) in [6.45, 7) is 9.31. The summed E-state index contributed by atoms with van der Waals surface area (Å²) in [5.41, 5.74) is 3.80. The van der Waals surface area contributed by atoms with Gasteiger partial charge in [-0.1, -0.05) is 37.6 Å². The number of rotatable bonds is 5. The smallest absolute Gasteiger partial charge is 0.0437 e. The minimum atomic E-state index is 1.11. The Hall–Kier alpha value is -1.24. The van der Waals surface area contributed by atoms with E-state index < -0.39 is 0 Å². The Balaban J connectivity index is 2.87. The fourth-order valence-electron chi connectivity index (χ4n) is 1.70. The van der Waals surface area contributed by atoms with Crippen molar-refractivity contribution in [2.45, 2.75) is 26.7 Å². The van der Waals surface area contributed by atoms with E-state index in [0.717, 1.165) is 6.54 Å². The Morgan fingerprint density at radius 1 is 1.40 bits per heavy atom. The predicted octanol–water partition coefficient (Wildman–Crippen LogP) is 3.87. The lowest BCUT2D eigenvalue weighted by atomic mass is 10.1. The SMILES string of the molecule is C=Cc1cc(C)ccc1N(C)CCCC. The van der Waals surface area contributed by atoms with Gasteiger partial charge in [0.2, 0.25) is 0 Å². The molecule has 15 heavy (non-hydrogen) atoms. The van der Waals surface area contributed by atoms with Crippen LogP contribution in [-0.2, 0) is 0 Å². The van der Waals surface area contributed by atoms with Gasteiger partial charge in [0.1, 0.15) is 0 Å². The molecule has 0 aliphatic carbocycles. The highest BCUT2D eigenvalue weighted by Gasteiger charge is 2.04. The summed E-state index contributed by atoms with van der Waals surface area (Å²) < 4.78 is 0. The largest absolute Gasteiger partial charge is 0.374 e. The molecule has 0 radical (unpaired) electrons. The van der Waals surface area contributed by atoms with E-state index in [1.165, 1.54) is 29.7 Å². The lowest BCUT2D eigenvalue weighted by Gasteiger charge is -2.21. The van der Waals surface area contributed by atoms with Gasteiger partial charge >= 0.3 is 0 Å². The van der Waals surface area contributed by atoms with Gasteiger partial charge in [-0.3, -0.25) is 0 Å². The molecule has 1 nitrogen and oxygen atoms in total. The fourth-order valence-corrected chi connectivity index (χ4v) is 1.70. The number of unbranched alkanes of at least 4 members (excludes halogenated alkanes) is 1. The Morgan fingerprint density at radius 3 is 2.73 bits per heavy atom. The number of nitrogens with zero attached hydrogens (tertiary/aromatic N) is 1. The highest BCUT2D eigenvalue weighted by Crippen LogP contribution is 2.22. The topological polar surface area (TPSA) is 3.24 Å². The van der Waals surface area contributed by atoms with Crippen molar-refractivity contribution in [1.82, 2.24) is 0 Å². The van der Waals surface area contributed by atoms with Crippen molar-refractivity contribution < 1.29 is 0 Å². The van der Waals surface area contributed by atoms with E-state index in [0.29, 0.717) is 0 Å². The zero-order valence-corrected chi connectivity index (χ0v) is 10.1. The Labute approximate surface area is 93.4 Å². The van der Waals surface area contributed by atoms with E-state index in [-0.39, 0.29) is 0 Å². The normalized spacial score (nSPS) is 10.1. The summed E-state index contributed by atoms with van der Waals surface area (Å²) in [5.74, 6) is 0. The molecule has 0 aliphatic heterocycles. The van der Waals surface area contributed by atoms with Crippen LogP contribution in [0.5, 0.6) is 0 Å². The summed E-state index contributed by atoms with van der Waals surface area (Å²) in [4.78, 5) is 2.31. The molecule has 0 unspecified atom stereocenters. The number of hydrogen-bond donors (Lipinski definition) is 0. The summed E-state index contributed by atoms with van der Waals surface area (Å²) in [6, 6.07) is 6.53. The van der Waals surface area contributed by atoms with E-state index in [1.54, 1.807) is 0 Å². The molecule has 0 heterocycles. The minimum Gasteiger partial charge on any atom is -0.374 e. The molecule has 0 atom stereocenters. The summed E-state index contributed by atoms with van der Waals surface area (Å²) in [7, 11) is 2.15. The molecule has 0 saturated carbocycles. The van der Waals surface area contributed by atoms with E-state index in [2.05, 4.69) is 50.6 Å². The molecule has 0 spiro atoms. The minimum absolute atomic E-state index is 1.11. The van der Waals surface area contributed by atoms with Gasteiger partial charge in [-0.25, -0.2) is 0 Å². The monoisotopic (exact) mass is 203 g/mol. The van der Waals surface area contributed by atoms with Crippen molar-refractivity contribution in [2.24, 2.45) is 0 Å². The Kier molecular flexibility index (Phi) is 4.41. The molecule has 82 valence electrons. The van der Waals surface area contributed by atoms with Gasteiger partial charge in [0, 0.05) is 19.3 Å². The van der Waals surface area contributed by atoms with Crippen LogP contribution in [-0.4, -0.2) is 13.6 Å². The van der Waals surface area contributed by atoms with Crippen LogP contribution in [0.2, 0.25) is 0 Å². The lowest BCUT2D eigenvalue weighted by molar-refractivity contribution is 0.766. The van der Waals surface area contributed by atoms with Crippen LogP contribution >= 0.6 is 0 Å². The van der Waals surface area contributed by atoms with Crippen molar-refractivity contribution in [3.63, 3.8) is 0 Å². The maximum atomic E-state index is 3.87. The van der Waals surface area contributed by atoms with Gasteiger partial charge in [0.25, 0.3) is 0 Å². The average Bonchev–Trinajstić information content (AvgIpc) is 2.25. The zero-order chi connectivity index (χ0) is 11.3. The van der Waals surface area contributed by atoms with Crippen LogP contribution < -0.4 is 4.90 Å². The number of anilines is 1. The Bertz CT molecular complexity index is 328. The van der Waals surface area contributed by atoms with Gasteiger partial charge in [-0.2, -0.15) is 0 Å². The highest BCUT2D eigenvalue weighted by molar-refractivity contribution is 5.67. The molecule has 0 N–H and O–H groups in total. The van der Waals surface area contributed by atoms with Crippen molar-refractivity contribution >= 4 is 11.8 Å². The molecule has 0 fully saturated rings. The lowest BCUT2D eigenvalue weighted by Crippen LogP contribution is -2.19. The van der Waals surface area contributed by atoms with Crippen LogP contribution in [0.25, 0.3) is 6.08 Å². The molecule has 1 rings (SSSR count). The third kappa shape index (κ3) is 3.12. The summed E-state index contributed by atoms with van der Waals surface area (Å²) >= 11 is 0. The second-order valence-electron chi connectivity index (χ2n) is 4.04. The van der Waals surface area contributed by atoms with E-state index >= 15 is 0 Å². The second kappa shape index (κ2) is 5.59. The quantitative estimate of drug-likeness (QED) is 0.702. The van der Waals surface area contributed by atoms with Crippen LogP contribution in [0.15, 0.2) is 24.8 Å². The fraction of sp³-hybridized carbons (Fsp3) is 0.429. The Morgan fingerprint density at radius 2 is 2.13 bits per heavy atom. The van der Waals surface area contributed by atoms with Crippen LogP contribution in [0.4, 0.5) is 5.69 Å². The third-order valence-corrected chi connectivity index (χ3v) is 2.66. The summed E-state index contributed by atoms with van der Waals surface area (Å²) in [6.07, 6.45) is 4.41. The van der Waals surface area contributed by atoms with Gasteiger partial charge in [-0.05, 0) is 31.0 Å². The van der Waals surface area contributed by atoms with Crippen molar-refractivity contribution in [3.8, 4) is 0 Å². The number of hydrogen-bond acceptors (Lipinski definition) is 1. The molecule has 0 aromatic heterocycles. The standard InChI is InChI=1S/C14H21N/c1-5-7-10-15(4)14-9-8-12(3)11-13(14)6-2/h6,8-9,11H,2,5,7,10H2,1,3-4H3. The van der Waals surface area contributed by atoms with Crippen molar-refractivity contribution in [1.29, 1.82) is 0 Å². The van der Waals surface area contributed by atoms with E-state index in [1.807, 2.05) is 6.08 Å². The van der Waals surface area contributed by atoms with E-state index in [4.69, 9.17) is 0 Å². The molecule has 1 heteroatoms. The van der Waals surface area contributed by atoms with Crippen LogP contribution in [0.3, 0.4) is 0 Å². The van der Waals surface area contributed by atoms with Gasteiger partial charge in [-0.15, -0.1) is 0 Å². The van der Waals surface area contributed by atoms with E-state index in [9.17, 15) is 0 Å². The van der Waals surface area contributed by atoms with Gasteiger partial charge in [0.05, 0.1) is 0 Å². The van der Waals surface area contributed by atoms with Gasteiger partial charge < -0.3 is 4.90 Å². The van der Waals surface area contributed by atoms with Crippen LogP contribution in [0, 0.1) is 6.92 Å². The molecule has 0 saturated heterocycles. The van der Waals surface area contributed by atoms with Crippen molar-refractivity contribution in [3.05, 3.63) is 35.9 Å². The molecule has 0 bridgehead atoms. The predicted molar refractivity (Wildman–Crippen MR) is 69.4 cm³/mol. The third-order valence-electron chi connectivity index (χ3n) is 2.66. The molecular weight excluding hydrogens is 182 g/mol. The first-order chi connectivity index (χ1) is 7.19. The van der Waals surface area contributed by atoms with Crippen LogP contribution in [0.1, 0.15) is 30.9 Å². The molecule has 0 aliphatic rings. The first kappa shape index (κ1) is 11.8. The average molecular weight is 203 g/mol. The number of benzene rings is 1. The second-order valence-corrected chi connectivity index (χ2v) is 4.04. The molecule has 0 amide bonds. The maximum absolute atomic E-state index is 3.87. The van der Waals surface area contributed by atoms with Crippen molar-refractivity contribution in [2.75, 3.05) is 18.5 Å². The first-order valence-corrected chi connectivity index (χ1v) is 5.63.